The van der Waals surface area contributed by atoms with Crippen LogP contribution < -0.4 is 0 Å². The molecule has 1 rings (SSSR count). The lowest BCUT2D eigenvalue weighted by Gasteiger charge is -2.16. The van der Waals surface area contributed by atoms with Crippen LogP contribution in [-0.4, -0.2) is 30.7 Å². The summed E-state index contributed by atoms with van der Waals surface area (Å²) < 4.78 is 4.50. The van der Waals surface area contributed by atoms with Crippen LogP contribution in [0.3, 0.4) is 0 Å². The Morgan fingerprint density at radius 3 is 3.09 bits per heavy atom. The van der Waals surface area contributed by atoms with Crippen molar-refractivity contribution in [2.75, 3.05) is 13.7 Å². The molecule has 0 bridgehead atoms. The molecule has 1 unspecified atom stereocenters. The van der Waals surface area contributed by atoms with Crippen LogP contribution >= 0.6 is 0 Å². The molecule has 60 valence electrons. The zero-order valence-corrected chi connectivity index (χ0v) is 6.41. The van der Waals surface area contributed by atoms with Gasteiger partial charge in [-0.15, -0.1) is 0 Å². The first kappa shape index (κ1) is 7.86. The summed E-state index contributed by atoms with van der Waals surface area (Å²) in [6, 6.07) is 1.78. The molecule has 1 saturated heterocycles. The summed E-state index contributed by atoms with van der Waals surface area (Å²) in [6.45, 7) is 0.644. The highest BCUT2D eigenvalue weighted by Gasteiger charge is 2.28. The second-order valence-electron chi connectivity index (χ2n) is 2.45. The molecule has 0 aromatic carbocycles. The van der Waals surface area contributed by atoms with Gasteiger partial charge in [-0.25, -0.2) is 4.79 Å². The molecule has 4 heteroatoms. The Morgan fingerprint density at radius 1 is 1.82 bits per heavy atom. The fraction of sp³-hybridized carbons (Fsp3) is 0.714. The molecule has 4 nitrogen and oxygen atoms in total. The van der Waals surface area contributed by atoms with Gasteiger partial charge in [-0.2, -0.15) is 5.26 Å². The topological polar surface area (TPSA) is 53.3 Å². The molecule has 0 spiro atoms. The highest BCUT2D eigenvalue weighted by Crippen LogP contribution is 2.16. The molecule has 0 aliphatic carbocycles. The van der Waals surface area contributed by atoms with E-state index in [-0.39, 0.29) is 6.04 Å². The third-order valence-electron chi connectivity index (χ3n) is 1.81. The molecule has 1 aliphatic rings. The van der Waals surface area contributed by atoms with Crippen molar-refractivity contribution in [3.63, 3.8) is 0 Å². The fourth-order valence-corrected chi connectivity index (χ4v) is 1.24. The van der Waals surface area contributed by atoms with Gasteiger partial charge in [0, 0.05) is 6.54 Å². The number of hydrogen-bond acceptors (Lipinski definition) is 3. The van der Waals surface area contributed by atoms with E-state index < -0.39 is 6.09 Å². The van der Waals surface area contributed by atoms with E-state index in [1.54, 1.807) is 0 Å². The first-order valence-electron chi connectivity index (χ1n) is 3.54. The molecule has 1 atom stereocenters. The Balaban J connectivity index is 2.58. The van der Waals surface area contributed by atoms with Crippen LogP contribution in [0.15, 0.2) is 0 Å². The van der Waals surface area contributed by atoms with E-state index in [0.717, 1.165) is 12.8 Å². The number of amides is 1. The van der Waals surface area contributed by atoms with Gasteiger partial charge in [-0.05, 0) is 12.8 Å². The van der Waals surface area contributed by atoms with Crippen LogP contribution in [0.4, 0.5) is 4.79 Å². The van der Waals surface area contributed by atoms with Gasteiger partial charge < -0.3 is 4.74 Å². The number of carbonyl (C=O) groups excluding carboxylic acids is 1. The summed E-state index contributed by atoms with van der Waals surface area (Å²) in [5.41, 5.74) is 0. The van der Waals surface area contributed by atoms with E-state index in [1.165, 1.54) is 12.0 Å². The van der Waals surface area contributed by atoms with Crippen LogP contribution in [0.1, 0.15) is 12.8 Å². The minimum Gasteiger partial charge on any atom is -0.453 e. The van der Waals surface area contributed by atoms with Crippen LogP contribution in [0.25, 0.3) is 0 Å². The molecule has 0 N–H and O–H groups in total. The SMILES string of the molecule is COC(=O)N1CCCC1C#N. The molecule has 0 aromatic rings. The number of carbonyl (C=O) groups is 1. The molecule has 0 aromatic heterocycles. The maximum absolute atomic E-state index is 10.9. The summed E-state index contributed by atoms with van der Waals surface area (Å²) in [7, 11) is 1.33. The van der Waals surface area contributed by atoms with E-state index in [1.807, 2.05) is 0 Å². The zero-order chi connectivity index (χ0) is 8.27. The molecular weight excluding hydrogens is 144 g/mol. The van der Waals surface area contributed by atoms with Gasteiger partial charge >= 0.3 is 6.09 Å². The highest BCUT2D eigenvalue weighted by atomic mass is 16.5. The third-order valence-corrected chi connectivity index (χ3v) is 1.81. The van der Waals surface area contributed by atoms with Gasteiger partial charge in [0.05, 0.1) is 13.2 Å². The fourth-order valence-electron chi connectivity index (χ4n) is 1.24. The Labute approximate surface area is 65.4 Å². The quantitative estimate of drug-likeness (QED) is 0.517. The highest BCUT2D eigenvalue weighted by molar-refractivity contribution is 5.68. The Kier molecular flexibility index (Phi) is 2.32. The van der Waals surface area contributed by atoms with E-state index in [2.05, 4.69) is 10.8 Å². The minimum atomic E-state index is -0.394. The van der Waals surface area contributed by atoms with Gasteiger partial charge in [0.2, 0.25) is 0 Å². The van der Waals surface area contributed by atoms with Crippen molar-refractivity contribution in [3.8, 4) is 6.07 Å². The van der Waals surface area contributed by atoms with Crippen molar-refractivity contribution in [1.29, 1.82) is 5.26 Å². The number of rotatable bonds is 0. The Hall–Kier alpha value is -1.24. The van der Waals surface area contributed by atoms with Crippen molar-refractivity contribution in [2.45, 2.75) is 18.9 Å². The smallest absolute Gasteiger partial charge is 0.410 e. The molecule has 1 aliphatic heterocycles. The average Bonchev–Trinajstić information content (AvgIpc) is 2.50. The lowest BCUT2D eigenvalue weighted by Crippen LogP contribution is -2.34. The molecule has 1 fully saturated rings. The average molecular weight is 154 g/mol. The predicted molar refractivity (Wildman–Crippen MR) is 37.7 cm³/mol. The third kappa shape index (κ3) is 1.43. The van der Waals surface area contributed by atoms with Crippen molar-refractivity contribution in [1.82, 2.24) is 4.90 Å². The molecule has 11 heavy (non-hydrogen) atoms. The van der Waals surface area contributed by atoms with Crippen molar-refractivity contribution in [2.24, 2.45) is 0 Å². The number of nitrogens with zero attached hydrogens (tertiary/aromatic N) is 2. The summed E-state index contributed by atoms with van der Waals surface area (Å²) in [4.78, 5) is 12.4. The van der Waals surface area contributed by atoms with Gasteiger partial charge in [-0.1, -0.05) is 0 Å². The molecule has 1 amide bonds. The van der Waals surface area contributed by atoms with Gasteiger partial charge in [0.25, 0.3) is 0 Å². The number of hydrogen-bond donors (Lipinski definition) is 0. The maximum Gasteiger partial charge on any atom is 0.410 e. The first-order chi connectivity index (χ1) is 5.29. The molecule has 1 heterocycles. The van der Waals surface area contributed by atoms with E-state index >= 15 is 0 Å². The zero-order valence-electron chi connectivity index (χ0n) is 6.41. The normalized spacial score (nSPS) is 22.9. The first-order valence-corrected chi connectivity index (χ1v) is 3.54. The van der Waals surface area contributed by atoms with Crippen molar-refractivity contribution >= 4 is 6.09 Å². The second-order valence-corrected chi connectivity index (χ2v) is 2.45. The Morgan fingerprint density at radius 2 is 2.55 bits per heavy atom. The maximum atomic E-state index is 10.9. The molecular formula is C7H10N2O2. The largest absolute Gasteiger partial charge is 0.453 e. The monoisotopic (exact) mass is 154 g/mol. The number of ether oxygens (including phenoxy) is 1. The van der Waals surface area contributed by atoms with Crippen molar-refractivity contribution < 1.29 is 9.53 Å². The van der Waals surface area contributed by atoms with Gasteiger partial charge in [-0.3, -0.25) is 4.90 Å². The molecule has 0 radical (unpaired) electrons. The summed E-state index contributed by atoms with van der Waals surface area (Å²) in [5, 5.41) is 8.58. The second kappa shape index (κ2) is 3.24. The Bertz CT molecular complexity index is 197. The van der Waals surface area contributed by atoms with E-state index in [0.29, 0.717) is 6.54 Å². The minimum absolute atomic E-state index is 0.276. The van der Waals surface area contributed by atoms with Crippen LogP contribution in [-0.2, 0) is 4.74 Å². The van der Waals surface area contributed by atoms with Crippen LogP contribution in [0.5, 0.6) is 0 Å². The van der Waals surface area contributed by atoms with Crippen LogP contribution in [0.2, 0.25) is 0 Å². The van der Waals surface area contributed by atoms with Gasteiger partial charge in [0.1, 0.15) is 6.04 Å². The predicted octanol–water partition coefficient (Wildman–Crippen LogP) is 0.741. The molecule has 0 saturated carbocycles. The van der Waals surface area contributed by atoms with Crippen LogP contribution in [0, 0.1) is 11.3 Å². The lowest BCUT2D eigenvalue weighted by molar-refractivity contribution is 0.126. The van der Waals surface area contributed by atoms with E-state index in [9.17, 15) is 4.79 Å². The summed E-state index contributed by atoms with van der Waals surface area (Å²) >= 11 is 0. The van der Waals surface area contributed by atoms with E-state index in [4.69, 9.17) is 5.26 Å². The lowest BCUT2D eigenvalue weighted by atomic mass is 10.2. The summed E-state index contributed by atoms with van der Waals surface area (Å²) in [6.07, 6.45) is 1.27. The number of likely N-dealkylation sites (tertiary alicyclic amines) is 1. The number of methoxy groups -OCH3 is 1. The van der Waals surface area contributed by atoms with Crippen molar-refractivity contribution in [3.05, 3.63) is 0 Å². The standard InChI is InChI=1S/C7H10N2O2/c1-11-7(10)9-4-2-3-6(9)5-8/h6H,2-4H2,1H3. The summed E-state index contributed by atoms with van der Waals surface area (Å²) in [5.74, 6) is 0. The van der Waals surface area contributed by atoms with Gasteiger partial charge in [0.15, 0.2) is 0 Å². The number of nitriles is 1.